The van der Waals surface area contributed by atoms with Crippen molar-refractivity contribution < 1.29 is 4.79 Å². The van der Waals surface area contributed by atoms with Crippen molar-refractivity contribution >= 4 is 28.5 Å². The summed E-state index contributed by atoms with van der Waals surface area (Å²) in [5.41, 5.74) is 2.38. The van der Waals surface area contributed by atoms with Crippen LogP contribution in [0.25, 0.3) is 11.0 Å². The van der Waals surface area contributed by atoms with E-state index in [1.54, 1.807) is 24.3 Å². The Kier molecular flexibility index (Phi) is 3.39. The zero-order valence-electron chi connectivity index (χ0n) is 10.6. The molecule has 0 atom stereocenters. The lowest BCUT2D eigenvalue weighted by Crippen LogP contribution is -2.23. The van der Waals surface area contributed by atoms with Gasteiger partial charge in [-0.2, -0.15) is 0 Å². The summed E-state index contributed by atoms with van der Waals surface area (Å²) in [6.45, 7) is 0.347. The van der Waals surface area contributed by atoms with Gasteiger partial charge in [-0.05, 0) is 30.3 Å². The lowest BCUT2D eigenvalue weighted by molar-refractivity contribution is 0.0950. The van der Waals surface area contributed by atoms with Gasteiger partial charge in [0.25, 0.3) is 5.91 Å². The first kappa shape index (κ1) is 12.7. The largest absolute Gasteiger partial charge is 0.345 e. The lowest BCUT2D eigenvalue weighted by Gasteiger charge is -2.03. The monoisotopic (exact) mass is 285 g/mol. The molecular weight excluding hydrogens is 274 g/mol. The van der Waals surface area contributed by atoms with E-state index in [4.69, 9.17) is 11.6 Å². The minimum atomic E-state index is -0.173. The molecule has 0 aliphatic rings. The summed E-state index contributed by atoms with van der Waals surface area (Å²) < 4.78 is 0. The van der Waals surface area contributed by atoms with Crippen LogP contribution in [0.4, 0.5) is 0 Å². The number of carbonyl (C=O) groups is 1. The number of aromatic amines is 1. The van der Waals surface area contributed by atoms with E-state index in [0.717, 1.165) is 16.9 Å². The summed E-state index contributed by atoms with van der Waals surface area (Å²) in [5, 5.41) is 3.36. The number of H-pyrrole nitrogens is 1. The van der Waals surface area contributed by atoms with Crippen molar-refractivity contribution in [3.8, 4) is 0 Å². The van der Waals surface area contributed by atoms with Crippen LogP contribution in [-0.2, 0) is 6.54 Å². The smallest absolute Gasteiger partial charge is 0.251 e. The van der Waals surface area contributed by atoms with Gasteiger partial charge in [0.2, 0.25) is 0 Å². The van der Waals surface area contributed by atoms with Gasteiger partial charge in [0, 0.05) is 10.6 Å². The van der Waals surface area contributed by atoms with Crippen molar-refractivity contribution in [2.45, 2.75) is 6.54 Å². The first-order valence-electron chi connectivity index (χ1n) is 6.20. The number of aromatic nitrogens is 2. The molecule has 0 unspecified atom stereocenters. The van der Waals surface area contributed by atoms with Gasteiger partial charge in [-0.15, -0.1) is 0 Å². The van der Waals surface area contributed by atoms with Gasteiger partial charge < -0.3 is 10.3 Å². The molecule has 0 saturated carbocycles. The highest BCUT2D eigenvalue weighted by molar-refractivity contribution is 6.30. The maximum absolute atomic E-state index is 12.0. The molecule has 1 aromatic heterocycles. The molecule has 5 heteroatoms. The Morgan fingerprint density at radius 2 is 2.05 bits per heavy atom. The standard InChI is InChI=1S/C15H12ClN3O/c16-11-5-3-4-10(8-11)15(20)17-9-14-18-12-6-1-2-7-13(12)19-14/h1-8H,9H2,(H,17,20)(H,18,19). The van der Waals surface area contributed by atoms with Crippen molar-refractivity contribution in [2.75, 3.05) is 0 Å². The minimum Gasteiger partial charge on any atom is -0.345 e. The summed E-state index contributed by atoms with van der Waals surface area (Å²) in [6, 6.07) is 14.6. The lowest BCUT2D eigenvalue weighted by atomic mass is 10.2. The van der Waals surface area contributed by atoms with E-state index in [9.17, 15) is 4.79 Å². The maximum atomic E-state index is 12.0. The predicted molar refractivity (Wildman–Crippen MR) is 78.7 cm³/mol. The molecule has 3 rings (SSSR count). The van der Waals surface area contributed by atoms with E-state index in [1.807, 2.05) is 24.3 Å². The second-order valence-corrected chi connectivity index (χ2v) is 4.83. The number of amides is 1. The molecule has 0 aliphatic carbocycles. The van der Waals surface area contributed by atoms with Gasteiger partial charge in [0.05, 0.1) is 17.6 Å². The molecule has 0 bridgehead atoms. The van der Waals surface area contributed by atoms with Crippen LogP contribution in [0.5, 0.6) is 0 Å². The molecule has 2 aromatic carbocycles. The molecule has 20 heavy (non-hydrogen) atoms. The number of hydrogen-bond donors (Lipinski definition) is 2. The van der Waals surface area contributed by atoms with Crippen molar-refractivity contribution in [1.29, 1.82) is 0 Å². The summed E-state index contributed by atoms with van der Waals surface area (Å²) in [5.74, 6) is 0.550. The quantitative estimate of drug-likeness (QED) is 0.777. The fourth-order valence-electron chi connectivity index (χ4n) is 1.99. The van der Waals surface area contributed by atoms with Crippen LogP contribution in [-0.4, -0.2) is 15.9 Å². The van der Waals surface area contributed by atoms with E-state index in [-0.39, 0.29) is 5.91 Å². The number of imidazole rings is 1. The number of halogens is 1. The fourth-order valence-corrected chi connectivity index (χ4v) is 2.18. The number of nitrogens with zero attached hydrogens (tertiary/aromatic N) is 1. The topological polar surface area (TPSA) is 57.8 Å². The average Bonchev–Trinajstić information content (AvgIpc) is 2.87. The number of nitrogens with one attached hydrogen (secondary N) is 2. The Bertz CT molecular complexity index is 733. The first-order valence-corrected chi connectivity index (χ1v) is 6.57. The Hall–Kier alpha value is -2.33. The van der Waals surface area contributed by atoms with Gasteiger partial charge in [0.1, 0.15) is 5.82 Å². The predicted octanol–water partition coefficient (Wildman–Crippen LogP) is 3.15. The minimum absolute atomic E-state index is 0.173. The zero-order chi connectivity index (χ0) is 13.9. The molecule has 2 N–H and O–H groups in total. The summed E-state index contributed by atoms with van der Waals surface area (Å²) in [4.78, 5) is 19.5. The van der Waals surface area contributed by atoms with Crippen LogP contribution in [0.15, 0.2) is 48.5 Å². The number of rotatable bonds is 3. The van der Waals surface area contributed by atoms with E-state index in [2.05, 4.69) is 15.3 Å². The molecular formula is C15H12ClN3O. The average molecular weight is 286 g/mol. The summed E-state index contributed by atoms with van der Waals surface area (Å²) in [6.07, 6.45) is 0. The Morgan fingerprint density at radius 1 is 1.20 bits per heavy atom. The summed E-state index contributed by atoms with van der Waals surface area (Å²) in [7, 11) is 0. The molecule has 0 aliphatic heterocycles. The normalized spacial score (nSPS) is 10.7. The Balaban J connectivity index is 1.71. The van der Waals surface area contributed by atoms with Crippen LogP contribution in [0, 0.1) is 0 Å². The van der Waals surface area contributed by atoms with E-state index >= 15 is 0 Å². The highest BCUT2D eigenvalue weighted by Gasteiger charge is 2.07. The summed E-state index contributed by atoms with van der Waals surface area (Å²) >= 11 is 5.86. The maximum Gasteiger partial charge on any atom is 0.251 e. The van der Waals surface area contributed by atoms with Crippen LogP contribution in [0.1, 0.15) is 16.2 Å². The third-order valence-corrected chi connectivity index (χ3v) is 3.18. The number of fused-ring (bicyclic) bond motifs is 1. The molecule has 0 saturated heterocycles. The molecule has 0 spiro atoms. The SMILES string of the molecule is O=C(NCc1nc2ccccc2[nH]1)c1cccc(Cl)c1. The molecule has 3 aromatic rings. The van der Waals surface area contributed by atoms with Crippen LogP contribution in [0.2, 0.25) is 5.02 Å². The first-order chi connectivity index (χ1) is 9.72. The van der Waals surface area contributed by atoms with E-state index in [1.165, 1.54) is 0 Å². The second kappa shape index (κ2) is 5.35. The van der Waals surface area contributed by atoms with Crippen molar-refractivity contribution in [3.63, 3.8) is 0 Å². The van der Waals surface area contributed by atoms with Gasteiger partial charge in [-0.3, -0.25) is 4.79 Å². The van der Waals surface area contributed by atoms with Gasteiger partial charge in [-0.25, -0.2) is 4.98 Å². The number of hydrogen-bond acceptors (Lipinski definition) is 2. The van der Waals surface area contributed by atoms with Gasteiger partial charge in [0.15, 0.2) is 0 Å². The zero-order valence-corrected chi connectivity index (χ0v) is 11.3. The molecule has 0 radical (unpaired) electrons. The van der Waals surface area contributed by atoms with E-state index < -0.39 is 0 Å². The molecule has 1 amide bonds. The third-order valence-electron chi connectivity index (χ3n) is 2.94. The Morgan fingerprint density at radius 3 is 2.85 bits per heavy atom. The van der Waals surface area contributed by atoms with Crippen molar-refractivity contribution in [2.24, 2.45) is 0 Å². The van der Waals surface area contributed by atoms with Crippen molar-refractivity contribution in [3.05, 3.63) is 64.9 Å². The van der Waals surface area contributed by atoms with Crippen LogP contribution < -0.4 is 5.32 Å². The van der Waals surface area contributed by atoms with E-state index in [0.29, 0.717) is 17.1 Å². The van der Waals surface area contributed by atoms with Gasteiger partial charge >= 0.3 is 0 Å². The molecule has 0 fully saturated rings. The number of benzene rings is 2. The Labute approximate surface area is 120 Å². The van der Waals surface area contributed by atoms with Crippen LogP contribution in [0.3, 0.4) is 0 Å². The second-order valence-electron chi connectivity index (χ2n) is 4.39. The van der Waals surface area contributed by atoms with Crippen molar-refractivity contribution in [1.82, 2.24) is 15.3 Å². The fraction of sp³-hybridized carbons (Fsp3) is 0.0667. The highest BCUT2D eigenvalue weighted by Crippen LogP contribution is 2.12. The highest BCUT2D eigenvalue weighted by atomic mass is 35.5. The van der Waals surface area contributed by atoms with Crippen LogP contribution >= 0.6 is 11.6 Å². The molecule has 4 nitrogen and oxygen atoms in total. The molecule has 100 valence electrons. The third kappa shape index (κ3) is 2.65. The number of para-hydroxylation sites is 2. The van der Waals surface area contributed by atoms with Gasteiger partial charge in [-0.1, -0.05) is 29.8 Å². The molecule has 1 heterocycles. The number of carbonyl (C=O) groups excluding carboxylic acids is 1.